The summed E-state index contributed by atoms with van der Waals surface area (Å²) in [7, 11) is 0. The van der Waals surface area contributed by atoms with Gasteiger partial charge in [-0.2, -0.15) is 9.59 Å². The van der Waals surface area contributed by atoms with Crippen LogP contribution in [-0.4, -0.2) is 22.4 Å². The van der Waals surface area contributed by atoms with Crippen LogP contribution in [0.1, 0.15) is 0 Å². The quantitative estimate of drug-likeness (QED) is 0.592. The Morgan fingerprint density at radius 3 is 1.85 bits per heavy atom. The van der Waals surface area contributed by atoms with Crippen molar-refractivity contribution in [1.82, 2.24) is 0 Å². The first-order chi connectivity index (χ1) is 6.13. The lowest BCUT2D eigenvalue weighted by atomic mass is 10.3. The van der Waals surface area contributed by atoms with Crippen LogP contribution in [0.5, 0.6) is 0 Å². The second kappa shape index (κ2) is 3.68. The van der Waals surface area contributed by atoms with Gasteiger partial charge in [-0.15, -0.1) is 4.90 Å². The van der Waals surface area contributed by atoms with E-state index in [1.54, 1.807) is 18.2 Å². The van der Waals surface area contributed by atoms with Crippen molar-refractivity contribution in [1.29, 1.82) is 0 Å². The van der Waals surface area contributed by atoms with E-state index in [1.165, 1.54) is 12.1 Å². The topological polar surface area (TPSA) is 79.0 Å². The van der Waals surface area contributed by atoms with Gasteiger partial charge in [0.15, 0.2) is 5.69 Å². The summed E-state index contributed by atoms with van der Waals surface area (Å²) in [5.41, 5.74) is 0.197. The Morgan fingerprint density at radius 2 is 1.46 bits per heavy atom. The second-order valence-electron chi connectivity index (χ2n) is 2.35. The number of nitrogens with one attached hydrogen (secondary N) is 1. The van der Waals surface area contributed by atoms with Crippen LogP contribution in [0.3, 0.4) is 0 Å². The summed E-state index contributed by atoms with van der Waals surface area (Å²) in [6.07, 6.45) is -2.86. The molecular weight excluding hydrogens is 174 g/mol. The first-order valence-electron chi connectivity index (χ1n) is 3.52. The van der Waals surface area contributed by atoms with E-state index in [1.807, 2.05) is 0 Å². The van der Waals surface area contributed by atoms with E-state index in [-0.39, 0.29) is 5.69 Å². The number of rotatable bonds is 1. The van der Waals surface area contributed by atoms with Crippen molar-refractivity contribution in [3.63, 3.8) is 0 Å². The van der Waals surface area contributed by atoms with E-state index in [2.05, 4.69) is 0 Å². The predicted molar refractivity (Wildman–Crippen MR) is 43.1 cm³/mol. The van der Waals surface area contributed by atoms with Gasteiger partial charge >= 0.3 is 12.2 Å². The number of benzene rings is 1. The van der Waals surface area contributed by atoms with Gasteiger partial charge in [0.05, 0.1) is 0 Å². The third-order valence-corrected chi connectivity index (χ3v) is 1.49. The smallest absolute Gasteiger partial charge is 0.435 e. The highest BCUT2D eigenvalue weighted by Gasteiger charge is 2.29. The van der Waals surface area contributed by atoms with Gasteiger partial charge in [-0.1, -0.05) is 18.2 Å². The molecule has 68 valence electrons. The fourth-order valence-electron chi connectivity index (χ4n) is 0.943. The van der Waals surface area contributed by atoms with Gasteiger partial charge in [0.2, 0.25) is 0 Å². The SMILES string of the molecule is O=C(O)[NH+](C(=O)O)c1ccccc1. The van der Waals surface area contributed by atoms with E-state index >= 15 is 0 Å². The third-order valence-electron chi connectivity index (χ3n) is 1.49. The monoisotopic (exact) mass is 182 g/mol. The highest BCUT2D eigenvalue weighted by atomic mass is 16.4. The molecule has 0 spiro atoms. The number of hydrogen-bond donors (Lipinski definition) is 3. The van der Waals surface area contributed by atoms with E-state index in [0.29, 0.717) is 0 Å². The molecule has 5 nitrogen and oxygen atoms in total. The zero-order valence-corrected chi connectivity index (χ0v) is 6.60. The van der Waals surface area contributed by atoms with Crippen LogP contribution in [0, 0.1) is 0 Å². The molecule has 0 aromatic heterocycles. The van der Waals surface area contributed by atoms with Gasteiger partial charge in [-0.05, 0) is 0 Å². The molecule has 0 aliphatic rings. The average molecular weight is 182 g/mol. The standard InChI is InChI=1S/C8H7NO4/c10-7(11)9(8(12)13)6-4-2-1-3-5-6/h1-5H,(H,10,11)(H,12,13)/p+1. The Balaban J connectivity index is 3.03. The molecule has 1 aromatic carbocycles. The van der Waals surface area contributed by atoms with Crippen LogP contribution in [0.2, 0.25) is 0 Å². The maximum absolute atomic E-state index is 10.5. The van der Waals surface area contributed by atoms with E-state index in [4.69, 9.17) is 10.2 Å². The van der Waals surface area contributed by atoms with Crippen LogP contribution in [0.15, 0.2) is 30.3 Å². The van der Waals surface area contributed by atoms with E-state index in [0.717, 1.165) is 0 Å². The van der Waals surface area contributed by atoms with E-state index < -0.39 is 17.1 Å². The summed E-state index contributed by atoms with van der Waals surface area (Å²) in [4.78, 5) is 20.4. The number of quaternary nitrogens is 1. The summed E-state index contributed by atoms with van der Waals surface area (Å²) in [5, 5.41) is 17.2. The molecule has 0 heterocycles. The highest BCUT2D eigenvalue weighted by molar-refractivity contribution is 5.73. The number of carbonyl (C=O) groups is 2. The molecule has 0 radical (unpaired) electrons. The first kappa shape index (κ1) is 9.21. The Bertz CT molecular complexity index is 308. The number of para-hydroxylation sites is 1. The second-order valence-corrected chi connectivity index (χ2v) is 2.35. The number of imide groups is 1. The molecule has 3 N–H and O–H groups in total. The Hall–Kier alpha value is -1.88. The molecule has 0 bridgehead atoms. The zero-order chi connectivity index (χ0) is 9.84. The van der Waals surface area contributed by atoms with Crippen LogP contribution in [0.4, 0.5) is 15.3 Å². The van der Waals surface area contributed by atoms with E-state index in [9.17, 15) is 9.59 Å². The molecule has 0 atom stereocenters. The van der Waals surface area contributed by atoms with Crippen LogP contribution in [-0.2, 0) is 0 Å². The largest absolute Gasteiger partial charge is 0.527 e. The van der Waals surface area contributed by atoms with Gasteiger partial charge in [0, 0.05) is 12.1 Å². The molecular formula is C8H8NO4+. The van der Waals surface area contributed by atoms with Gasteiger partial charge < -0.3 is 10.2 Å². The Labute approximate surface area is 73.8 Å². The zero-order valence-electron chi connectivity index (χ0n) is 6.60. The number of amides is 2. The van der Waals surface area contributed by atoms with Crippen LogP contribution >= 0.6 is 0 Å². The van der Waals surface area contributed by atoms with Crippen molar-refractivity contribution in [3.05, 3.63) is 30.3 Å². The van der Waals surface area contributed by atoms with Crippen LogP contribution in [0.25, 0.3) is 0 Å². The third kappa shape index (κ3) is 2.03. The normalized spacial score (nSPS) is 9.92. The Morgan fingerprint density at radius 1 is 1.00 bits per heavy atom. The summed E-state index contributed by atoms with van der Waals surface area (Å²) < 4.78 is 0. The van der Waals surface area contributed by atoms with Crippen LogP contribution < -0.4 is 4.90 Å². The minimum atomic E-state index is -1.43. The summed E-state index contributed by atoms with van der Waals surface area (Å²) >= 11 is 0. The molecule has 13 heavy (non-hydrogen) atoms. The van der Waals surface area contributed by atoms with Crippen molar-refractivity contribution in [3.8, 4) is 0 Å². The number of hydrogen-bond acceptors (Lipinski definition) is 2. The maximum Gasteiger partial charge on any atom is 0.527 e. The van der Waals surface area contributed by atoms with Crippen molar-refractivity contribution in [2.75, 3.05) is 0 Å². The van der Waals surface area contributed by atoms with Gasteiger partial charge in [-0.25, -0.2) is 0 Å². The number of carboxylic acid groups (broad SMARTS) is 2. The maximum atomic E-state index is 10.5. The molecule has 1 rings (SSSR count). The molecule has 0 saturated heterocycles. The predicted octanol–water partition coefficient (Wildman–Crippen LogP) is 0.559. The minimum Gasteiger partial charge on any atom is -0.435 e. The van der Waals surface area contributed by atoms with Crippen molar-refractivity contribution in [2.24, 2.45) is 0 Å². The van der Waals surface area contributed by atoms with Crippen molar-refractivity contribution < 1.29 is 24.7 Å². The highest BCUT2D eigenvalue weighted by Crippen LogP contribution is 1.98. The molecule has 0 aliphatic carbocycles. The lowest BCUT2D eigenvalue weighted by molar-refractivity contribution is -0.668. The molecule has 5 heteroatoms. The lowest BCUT2D eigenvalue weighted by Gasteiger charge is -2.04. The summed E-state index contributed by atoms with van der Waals surface area (Å²) in [6, 6.07) is 7.74. The summed E-state index contributed by atoms with van der Waals surface area (Å²) in [5.74, 6) is 0. The summed E-state index contributed by atoms with van der Waals surface area (Å²) in [6.45, 7) is 0. The minimum absolute atomic E-state index is 0.197. The average Bonchev–Trinajstić information content (AvgIpc) is 2.04. The molecule has 0 unspecified atom stereocenters. The van der Waals surface area contributed by atoms with Crippen molar-refractivity contribution in [2.45, 2.75) is 0 Å². The fraction of sp³-hybridized carbons (Fsp3) is 0. The Kier molecular flexibility index (Phi) is 2.61. The lowest BCUT2D eigenvalue weighted by Crippen LogP contribution is -3.12. The van der Waals surface area contributed by atoms with Crippen molar-refractivity contribution >= 4 is 17.9 Å². The molecule has 0 aliphatic heterocycles. The molecule has 0 saturated carbocycles. The van der Waals surface area contributed by atoms with Gasteiger partial charge in [-0.3, -0.25) is 0 Å². The molecule has 0 fully saturated rings. The first-order valence-corrected chi connectivity index (χ1v) is 3.52. The molecule has 2 amide bonds. The van der Waals surface area contributed by atoms with Gasteiger partial charge in [0.25, 0.3) is 0 Å². The molecule has 1 aromatic rings. The fourth-order valence-corrected chi connectivity index (χ4v) is 0.943. The van der Waals surface area contributed by atoms with Gasteiger partial charge in [0.1, 0.15) is 0 Å².